The Morgan fingerprint density at radius 3 is 1.02 bits per heavy atom. The fraction of sp³-hybridized carbons (Fsp3) is 0.692. The van der Waals surface area contributed by atoms with Crippen molar-refractivity contribution in [3.8, 4) is 19.8 Å². The first kappa shape index (κ1) is 50.3. The number of benzene rings is 1. The maximum Gasteiger partial charge on any atom is 0.505 e. The summed E-state index contributed by atoms with van der Waals surface area (Å²) in [6, 6.07) is 9.28. The maximum atomic E-state index is 6.57. The molecule has 5 aromatic rings. The predicted molar refractivity (Wildman–Crippen MR) is 282 cm³/mol. The monoisotopic (exact) mass is 945 g/mol. The number of aryl methyl sites for hydroxylation is 2. The van der Waals surface area contributed by atoms with Crippen molar-refractivity contribution in [2.45, 2.75) is 233 Å². The Morgan fingerprint density at radius 2 is 0.703 bits per heavy atom. The number of unbranched alkanes of at least 4 members (excludes halogenated alkanes) is 18. The van der Waals surface area contributed by atoms with Crippen molar-refractivity contribution in [3.05, 3.63) is 35.4 Å². The van der Waals surface area contributed by atoms with Gasteiger partial charge in [-0.25, -0.2) is 9.97 Å². The minimum Gasteiger partial charge on any atom is -0.399 e. The average Bonchev–Trinajstić information content (AvgIpc) is 4.08. The van der Waals surface area contributed by atoms with Gasteiger partial charge in [-0.1, -0.05) is 129 Å². The lowest BCUT2D eigenvalue weighted by Gasteiger charge is -2.32. The largest absolute Gasteiger partial charge is 0.505 e. The molecular weight excluding hydrogens is 866 g/mol. The average molecular weight is 945 g/mol. The van der Waals surface area contributed by atoms with E-state index < -0.39 is 0 Å². The van der Waals surface area contributed by atoms with E-state index in [-0.39, 0.29) is 36.6 Å². The highest BCUT2D eigenvalue weighted by Gasteiger charge is 2.53. The summed E-state index contributed by atoms with van der Waals surface area (Å²) in [5, 5.41) is 2.18. The summed E-state index contributed by atoms with van der Waals surface area (Å²) in [7, 11) is -0.731. The molecule has 0 saturated carbocycles. The van der Waals surface area contributed by atoms with Gasteiger partial charge in [-0.15, -0.1) is 45.3 Å². The molecule has 6 nitrogen and oxygen atoms in total. The lowest BCUT2D eigenvalue weighted by Crippen LogP contribution is -2.41. The van der Waals surface area contributed by atoms with Crippen molar-refractivity contribution >= 4 is 89.6 Å². The molecule has 2 saturated heterocycles. The molecule has 2 aliphatic rings. The van der Waals surface area contributed by atoms with E-state index in [0.717, 1.165) is 43.4 Å². The first-order valence-corrected chi connectivity index (χ1v) is 28.6. The lowest BCUT2D eigenvalue weighted by molar-refractivity contribution is 0.00578. The molecule has 7 rings (SSSR count). The third kappa shape index (κ3) is 12.1. The van der Waals surface area contributed by atoms with E-state index in [2.05, 4.69) is 93.5 Å². The van der Waals surface area contributed by atoms with Crippen molar-refractivity contribution < 1.29 is 18.6 Å². The minimum absolute atomic E-state index is 0.366. The zero-order chi connectivity index (χ0) is 45.5. The number of hydrogen-bond donors (Lipinski definition) is 0. The molecule has 0 amide bonds. The number of thiophene rings is 2. The first-order valence-electron chi connectivity index (χ1n) is 25.3. The number of rotatable bonds is 26. The molecule has 0 spiro atoms. The number of hydrogen-bond acceptors (Lipinski definition) is 10. The normalized spacial score (nSPS) is 17.8. The van der Waals surface area contributed by atoms with Crippen molar-refractivity contribution in [2.75, 3.05) is 0 Å². The van der Waals surface area contributed by atoms with E-state index in [4.69, 9.17) is 28.6 Å². The van der Waals surface area contributed by atoms with Crippen LogP contribution in [0.3, 0.4) is 0 Å². The van der Waals surface area contributed by atoms with Gasteiger partial charge in [0.1, 0.15) is 10.0 Å². The van der Waals surface area contributed by atoms with E-state index in [1.807, 2.05) is 22.7 Å². The number of thiazole rings is 2. The lowest BCUT2D eigenvalue weighted by atomic mass is 9.87. The summed E-state index contributed by atoms with van der Waals surface area (Å²) in [4.78, 5) is 13.3. The van der Waals surface area contributed by atoms with Crippen LogP contribution in [0.1, 0.15) is 209 Å². The Morgan fingerprint density at radius 1 is 0.406 bits per heavy atom. The third-order valence-corrected chi connectivity index (χ3v) is 19.3. The van der Waals surface area contributed by atoms with Crippen LogP contribution >= 0.6 is 45.3 Å². The van der Waals surface area contributed by atoms with E-state index >= 15 is 0 Å². The van der Waals surface area contributed by atoms with E-state index in [9.17, 15) is 0 Å². The van der Waals surface area contributed by atoms with Gasteiger partial charge in [-0.3, -0.25) is 0 Å². The van der Waals surface area contributed by atoms with Gasteiger partial charge in [0.2, 0.25) is 0 Å². The van der Waals surface area contributed by atoms with E-state index in [1.54, 1.807) is 22.7 Å². The zero-order valence-electron chi connectivity index (χ0n) is 41.2. The highest BCUT2D eigenvalue weighted by Crippen LogP contribution is 2.44. The molecule has 2 fully saturated rings. The van der Waals surface area contributed by atoms with Gasteiger partial charge in [0, 0.05) is 9.55 Å². The summed E-state index contributed by atoms with van der Waals surface area (Å²) in [6.45, 7) is 21.7. The van der Waals surface area contributed by atoms with Crippen LogP contribution in [0.4, 0.5) is 0 Å². The van der Waals surface area contributed by atoms with Crippen LogP contribution in [0.5, 0.6) is 0 Å². The van der Waals surface area contributed by atoms with E-state index in [0.29, 0.717) is 0 Å². The van der Waals surface area contributed by atoms with Crippen LogP contribution in [-0.2, 0) is 31.5 Å². The molecule has 0 atom stereocenters. The number of nitrogens with zero attached hydrogens (tertiary/aromatic N) is 2. The summed E-state index contributed by atoms with van der Waals surface area (Å²) in [5.74, 6) is 0. The molecule has 64 heavy (non-hydrogen) atoms. The van der Waals surface area contributed by atoms with E-state index in [1.165, 1.54) is 159 Å². The Hall–Kier alpha value is -1.63. The Kier molecular flexibility index (Phi) is 17.4. The van der Waals surface area contributed by atoms with Gasteiger partial charge in [0.15, 0.2) is 0 Å². The summed E-state index contributed by atoms with van der Waals surface area (Å²) >= 11 is 7.21. The highest BCUT2D eigenvalue weighted by molar-refractivity contribution is 7.30. The fourth-order valence-electron chi connectivity index (χ4n) is 8.93. The number of aromatic nitrogens is 2. The minimum atomic E-state index is -0.379. The molecule has 350 valence electrons. The fourth-order valence-corrected chi connectivity index (χ4v) is 13.5. The second-order valence-electron chi connectivity index (χ2n) is 20.9. The molecule has 2 aliphatic heterocycles. The van der Waals surface area contributed by atoms with Crippen LogP contribution in [0, 0.1) is 0 Å². The summed E-state index contributed by atoms with van der Waals surface area (Å²) in [5.41, 5.74) is 3.33. The molecule has 0 unspecified atom stereocenters. The van der Waals surface area contributed by atoms with Gasteiger partial charge in [-0.2, -0.15) is 0 Å². The SMILES string of the molecule is CCCCCCCCCCCCc1cc(B2OC(C)(C)C(C)(C)O2)sc1-c1nc2cc3sc(-c4sc(B5OC(C)(C)C(C)(C)O5)cc4CCCCCCCCCCCC)nc3cc2s1. The Balaban J connectivity index is 1.08. The van der Waals surface area contributed by atoms with Crippen molar-refractivity contribution in [3.63, 3.8) is 0 Å². The van der Waals surface area contributed by atoms with Gasteiger partial charge in [0.25, 0.3) is 0 Å². The quantitative estimate of drug-likeness (QED) is 0.0407. The number of fused-ring (bicyclic) bond motifs is 2. The second kappa shape index (κ2) is 22.2. The second-order valence-corrected chi connectivity index (χ2v) is 25.1. The molecule has 12 heteroatoms. The Labute approximate surface area is 403 Å². The van der Waals surface area contributed by atoms with Gasteiger partial charge >= 0.3 is 14.2 Å². The van der Waals surface area contributed by atoms with Crippen molar-refractivity contribution in [1.82, 2.24) is 9.97 Å². The van der Waals surface area contributed by atoms with Gasteiger partial charge < -0.3 is 18.6 Å². The van der Waals surface area contributed by atoms with Crippen molar-refractivity contribution in [1.29, 1.82) is 0 Å². The molecule has 0 bridgehead atoms. The smallest absolute Gasteiger partial charge is 0.399 e. The van der Waals surface area contributed by atoms with Crippen LogP contribution in [0.25, 0.3) is 40.2 Å². The highest BCUT2D eigenvalue weighted by atomic mass is 32.1. The zero-order valence-corrected chi connectivity index (χ0v) is 44.4. The van der Waals surface area contributed by atoms with Crippen molar-refractivity contribution in [2.24, 2.45) is 0 Å². The summed E-state index contributed by atoms with van der Waals surface area (Å²) < 4.78 is 30.9. The predicted octanol–water partition coefficient (Wildman–Crippen LogP) is 15.9. The molecule has 6 heterocycles. The molecule has 0 radical (unpaired) electrons. The molecule has 4 aromatic heterocycles. The molecule has 0 aliphatic carbocycles. The Bertz CT molecular complexity index is 2020. The van der Waals surface area contributed by atoms with Crippen LogP contribution < -0.4 is 9.55 Å². The third-order valence-electron chi connectivity index (χ3n) is 14.5. The van der Waals surface area contributed by atoms with Crippen LogP contribution in [-0.4, -0.2) is 46.6 Å². The standard InChI is InChI=1S/C52H78B2N2O4S4/c1-11-13-15-17-19-21-23-25-27-29-31-37-33-43(53-57-49(3,4)50(5,6)58-53)63-45(37)47-55-39-35-42-40(36-41(39)61-47)56-48(62-42)46-38(32-30-28-26-24-22-20-18-16-14-12-2)34-44(64-46)54-59-51(7,8)52(9,10)60-54/h33-36H,11-32H2,1-10H3. The first-order chi connectivity index (χ1) is 30.6. The molecular formula is C52H78B2N2O4S4. The van der Waals surface area contributed by atoms with Crippen LogP contribution in [0.15, 0.2) is 24.3 Å². The summed E-state index contributed by atoms with van der Waals surface area (Å²) in [6.07, 6.45) is 28.8. The van der Waals surface area contributed by atoms with Gasteiger partial charge in [0.05, 0.1) is 52.6 Å². The van der Waals surface area contributed by atoms with Gasteiger partial charge in [-0.05, 0) is 116 Å². The van der Waals surface area contributed by atoms with Crippen LogP contribution in [0.2, 0.25) is 0 Å². The molecule has 0 N–H and O–H groups in total. The maximum absolute atomic E-state index is 6.57. The molecule has 1 aromatic carbocycles. The topological polar surface area (TPSA) is 62.7 Å².